The summed E-state index contributed by atoms with van der Waals surface area (Å²) in [4.78, 5) is 7.86. The van der Waals surface area contributed by atoms with Gasteiger partial charge in [-0.1, -0.05) is 19.1 Å². The molecule has 0 radical (unpaired) electrons. The summed E-state index contributed by atoms with van der Waals surface area (Å²) in [5.74, 6) is 2.20. The van der Waals surface area contributed by atoms with Crippen LogP contribution in [-0.2, 0) is 16.3 Å². The molecule has 1 saturated heterocycles. The third kappa shape index (κ3) is 2.85. The summed E-state index contributed by atoms with van der Waals surface area (Å²) in [6, 6.07) is 5.95. The van der Waals surface area contributed by atoms with Gasteiger partial charge in [0.05, 0.1) is 29.1 Å². The normalized spacial score (nSPS) is 41.0. The van der Waals surface area contributed by atoms with Crippen molar-refractivity contribution in [3.63, 3.8) is 0 Å². The maximum absolute atomic E-state index is 13.1. The highest BCUT2D eigenvalue weighted by Crippen LogP contribution is 2.66. The minimum absolute atomic E-state index is 0.185. The van der Waals surface area contributed by atoms with Crippen molar-refractivity contribution in [3.8, 4) is 0 Å². The molecular weight excluding hydrogens is 389 g/mol. The van der Waals surface area contributed by atoms with E-state index >= 15 is 0 Å². The lowest BCUT2D eigenvalue weighted by atomic mass is 9.58. The second-order valence-electron chi connectivity index (χ2n) is 10.1. The first kappa shape index (κ1) is 20.3. The molecule has 5 rings (SSSR count). The average molecular weight is 421 g/mol. The largest absolute Gasteiger partial charge is 0.416 e. The maximum Gasteiger partial charge on any atom is 0.416 e. The highest BCUT2D eigenvalue weighted by Gasteiger charge is 2.67. The van der Waals surface area contributed by atoms with Crippen LogP contribution in [0.2, 0.25) is 0 Å². The second kappa shape index (κ2) is 6.72. The number of benzene rings is 1. The van der Waals surface area contributed by atoms with Crippen LogP contribution in [0.25, 0.3) is 0 Å². The van der Waals surface area contributed by atoms with Gasteiger partial charge < -0.3 is 9.64 Å². The van der Waals surface area contributed by atoms with Crippen LogP contribution in [0.4, 0.5) is 13.2 Å². The fourth-order valence-electron chi connectivity index (χ4n) is 7.14. The van der Waals surface area contributed by atoms with E-state index in [4.69, 9.17) is 9.73 Å². The summed E-state index contributed by atoms with van der Waals surface area (Å²) in [7, 11) is 0. The first-order chi connectivity index (χ1) is 14.1. The van der Waals surface area contributed by atoms with Crippen molar-refractivity contribution in [3.05, 3.63) is 35.4 Å². The summed E-state index contributed by atoms with van der Waals surface area (Å²) in [5.41, 5.74) is 0.0662. The molecule has 6 atom stereocenters. The van der Waals surface area contributed by atoms with Gasteiger partial charge in [0.15, 0.2) is 0 Å². The van der Waals surface area contributed by atoms with Gasteiger partial charge in [0, 0.05) is 24.9 Å². The Hall–Kier alpha value is -1.56. The number of halogens is 3. The van der Waals surface area contributed by atoms with Gasteiger partial charge in [0.2, 0.25) is 0 Å². The van der Waals surface area contributed by atoms with E-state index in [-0.39, 0.29) is 23.2 Å². The van der Waals surface area contributed by atoms with Crippen LogP contribution in [0.15, 0.2) is 29.3 Å². The third-order valence-electron chi connectivity index (χ3n) is 8.48. The molecule has 3 nitrogen and oxygen atoms in total. The highest BCUT2D eigenvalue weighted by molar-refractivity contribution is 5.85. The molecule has 0 N–H and O–H groups in total. The zero-order chi connectivity index (χ0) is 21.3. The van der Waals surface area contributed by atoms with E-state index in [1.807, 2.05) is 0 Å². The first-order valence-electron chi connectivity index (χ1n) is 11.3. The monoisotopic (exact) mass is 420 g/mol. The zero-order valence-corrected chi connectivity index (χ0v) is 18.0. The lowest BCUT2D eigenvalue weighted by Gasteiger charge is -2.48. The van der Waals surface area contributed by atoms with Crippen molar-refractivity contribution in [1.29, 1.82) is 0 Å². The quantitative estimate of drug-likeness (QED) is 0.605. The highest BCUT2D eigenvalue weighted by atomic mass is 19.4. The molecule has 2 aliphatic heterocycles. The molecule has 6 unspecified atom stereocenters. The Balaban J connectivity index is 1.52. The Morgan fingerprint density at radius 2 is 1.67 bits per heavy atom. The topological polar surface area (TPSA) is 24.8 Å². The van der Waals surface area contributed by atoms with Gasteiger partial charge in [-0.25, -0.2) is 0 Å². The number of fused-ring (bicyclic) bond motifs is 3. The van der Waals surface area contributed by atoms with E-state index in [0.717, 1.165) is 44.3 Å². The van der Waals surface area contributed by atoms with E-state index in [9.17, 15) is 13.2 Å². The molecule has 0 amide bonds. The number of nitrogens with zero attached hydrogens (tertiary/aromatic N) is 2. The number of hydrogen-bond donors (Lipinski definition) is 0. The summed E-state index contributed by atoms with van der Waals surface area (Å²) >= 11 is 0. The molecule has 4 aliphatic rings. The van der Waals surface area contributed by atoms with Crippen molar-refractivity contribution in [2.75, 3.05) is 13.1 Å². The maximum atomic E-state index is 13.1. The predicted molar refractivity (Wildman–Crippen MR) is 111 cm³/mol. The number of ether oxygens (including phenoxy) is 1. The molecule has 2 saturated carbocycles. The van der Waals surface area contributed by atoms with E-state index in [0.29, 0.717) is 11.8 Å². The van der Waals surface area contributed by atoms with Crippen molar-refractivity contribution in [2.24, 2.45) is 16.8 Å². The van der Waals surface area contributed by atoms with Gasteiger partial charge in [-0.3, -0.25) is 4.99 Å². The van der Waals surface area contributed by atoms with Crippen LogP contribution in [0.3, 0.4) is 0 Å². The molecule has 1 aromatic rings. The Morgan fingerprint density at radius 1 is 1.03 bits per heavy atom. The van der Waals surface area contributed by atoms with Crippen LogP contribution >= 0.6 is 0 Å². The minimum Gasteiger partial charge on any atom is -0.372 e. The molecule has 2 bridgehead atoms. The summed E-state index contributed by atoms with van der Waals surface area (Å²) in [6.45, 7) is 8.22. The van der Waals surface area contributed by atoms with Crippen LogP contribution in [0, 0.1) is 11.8 Å². The number of alkyl halides is 3. The number of hydrogen-bond acceptors (Lipinski definition) is 3. The van der Waals surface area contributed by atoms with Gasteiger partial charge in [-0.2, -0.15) is 13.2 Å². The Morgan fingerprint density at radius 3 is 2.30 bits per heavy atom. The van der Waals surface area contributed by atoms with E-state index in [1.165, 1.54) is 24.4 Å². The van der Waals surface area contributed by atoms with Crippen LogP contribution in [0.1, 0.15) is 64.0 Å². The SMILES string of the molecule is CC1CN(C2=NC3(CC2)C2CCC(C2)C3(C)c2ccc(C(F)(F)F)cc2)CC(C)O1. The minimum atomic E-state index is -4.30. The molecule has 1 aromatic carbocycles. The van der Waals surface area contributed by atoms with Crippen molar-refractivity contribution in [1.82, 2.24) is 4.90 Å². The fourth-order valence-corrected chi connectivity index (χ4v) is 7.14. The van der Waals surface area contributed by atoms with Gasteiger partial charge in [0.1, 0.15) is 0 Å². The van der Waals surface area contributed by atoms with E-state index < -0.39 is 11.7 Å². The zero-order valence-electron chi connectivity index (χ0n) is 18.0. The smallest absolute Gasteiger partial charge is 0.372 e. The average Bonchev–Trinajstić information content (AvgIpc) is 3.38. The molecule has 0 aromatic heterocycles. The van der Waals surface area contributed by atoms with Crippen molar-refractivity contribution < 1.29 is 17.9 Å². The lowest BCUT2D eigenvalue weighted by Crippen LogP contribution is -2.52. The number of amidine groups is 1. The third-order valence-corrected chi connectivity index (χ3v) is 8.48. The van der Waals surface area contributed by atoms with E-state index in [2.05, 4.69) is 25.7 Å². The molecule has 6 heteroatoms. The molecule has 3 fully saturated rings. The molecular formula is C24H31F3N2O. The summed E-state index contributed by atoms with van der Waals surface area (Å²) < 4.78 is 45.3. The first-order valence-corrected chi connectivity index (χ1v) is 11.3. The van der Waals surface area contributed by atoms with Crippen LogP contribution < -0.4 is 0 Å². The molecule has 2 aliphatic carbocycles. The van der Waals surface area contributed by atoms with Gasteiger partial charge in [-0.05, 0) is 69.1 Å². The molecule has 2 heterocycles. The van der Waals surface area contributed by atoms with Crippen molar-refractivity contribution in [2.45, 2.75) is 82.2 Å². The number of rotatable bonds is 1. The summed E-state index contributed by atoms with van der Waals surface area (Å²) in [6.07, 6.45) is 1.52. The fraction of sp³-hybridized carbons (Fsp3) is 0.708. The molecule has 30 heavy (non-hydrogen) atoms. The van der Waals surface area contributed by atoms with Gasteiger partial charge in [0.25, 0.3) is 0 Å². The Bertz CT molecular complexity index is 841. The second-order valence-corrected chi connectivity index (χ2v) is 10.1. The summed E-state index contributed by atoms with van der Waals surface area (Å²) in [5, 5.41) is 0. The van der Waals surface area contributed by atoms with Crippen molar-refractivity contribution >= 4 is 5.84 Å². The van der Waals surface area contributed by atoms with Gasteiger partial charge >= 0.3 is 6.18 Å². The Kier molecular flexibility index (Phi) is 4.56. The predicted octanol–water partition coefficient (Wildman–Crippen LogP) is 5.43. The Labute approximate surface area is 176 Å². The standard InChI is InChI=1S/C24H31F3N2O/c1-15-13-29(14-16(2)30-15)21-10-11-23(28-21)20-9-8-19(12-20)22(23,3)17-4-6-18(7-5-17)24(25,26)27/h4-7,15-16,19-20H,8-14H2,1-3H3. The van der Waals surface area contributed by atoms with Crippen LogP contribution in [0.5, 0.6) is 0 Å². The van der Waals surface area contributed by atoms with Crippen LogP contribution in [-0.4, -0.2) is 41.6 Å². The molecule has 164 valence electrons. The number of aliphatic imine (C=N–C) groups is 1. The number of morpholine rings is 1. The molecule has 1 spiro atoms. The van der Waals surface area contributed by atoms with Gasteiger partial charge in [-0.15, -0.1) is 0 Å². The lowest BCUT2D eigenvalue weighted by molar-refractivity contribution is -0.137. The van der Waals surface area contributed by atoms with E-state index in [1.54, 1.807) is 12.1 Å².